The van der Waals surface area contributed by atoms with Crippen LogP contribution in [0.4, 0.5) is 23.7 Å². The van der Waals surface area contributed by atoms with Gasteiger partial charge in [-0.2, -0.15) is 17.7 Å². The molecule has 0 aliphatic carbocycles. The van der Waals surface area contributed by atoms with Crippen molar-refractivity contribution in [2.24, 2.45) is 0 Å². The summed E-state index contributed by atoms with van der Waals surface area (Å²) in [6.45, 7) is 0. The molecule has 0 radical (unpaired) electrons. The summed E-state index contributed by atoms with van der Waals surface area (Å²) < 4.78 is 38.7. The summed E-state index contributed by atoms with van der Waals surface area (Å²) in [4.78, 5) is 11.6. The maximum absolute atomic E-state index is 12.5. The van der Waals surface area contributed by atoms with Crippen molar-refractivity contribution < 1.29 is 22.7 Å². The number of nitrogens with zero attached hydrogens (tertiary/aromatic N) is 2. The molecule has 0 saturated heterocycles. The van der Waals surface area contributed by atoms with Crippen molar-refractivity contribution in [3.8, 4) is 0 Å². The van der Waals surface area contributed by atoms with Gasteiger partial charge in [-0.3, -0.25) is 5.32 Å². The van der Waals surface area contributed by atoms with E-state index >= 15 is 0 Å². The first-order valence-electron chi connectivity index (χ1n) is 5.11. The summed E-state index contributed by atoms with van der Waals surface area (Å²) in [5, 5.41) is 13.1. The second kappa shape index (κ2) is 4.63. The van der Waals surface area contributed by atoms with Gasteiger partial charge >= 0.3 is 12.2 Å². The zero-order valence-corrected chi connectivity index (χ0v) is 9.39. The van der Waals surface area contributed by atoms with E-state index in [1.165, 1.54) is 18.3 Å². The van der Waals surface area contributed by atoms with Crippen LogP contribution in [-0.2, 0) is 6.18 Å². The molecule has 5 nitrogen and oxygen atoms in total. The fourth-order valence-electron chi connectivity index (χ4n) is 1.42. The van der Waals surface area contributed by atoms with Gasteiger partial charge in [0.25, 0.3) is 6.33 Å². The predicted octanol–water partition coefficient (Wildman–Crippen LogP) is 2.22. The van der Waals surface area contributed by atoms with Crippen molar-refractivity contribution in [1.82, 2.24) is 4.57 Å². The summed E-state index contributed by atoms with van der Waals surface area (Å²) in [5.74, 6) is 0. The van der Waals surface area contributed by atoms with Crippen LogP contribution in [0.15, 0.2) is 43.0 Å². The molecule has 0 atom stereocenters. The summed E-state index contributed by atoms with van der Waals surface area (Å²) in [6.07, 6.45) is -1.25. The Bertz CT molecular complexity index is 607. The Kier molecular flexibility index (Phi) is 3.16. The van der Waals surface area contributed by atoms with E-state index < -0.39 is 17.8 Å². The van der Waals surface area contributed by atoms with Gasteiger partial charge in [0.05, 0.1) is 5.56 Å². The third kappa shape index (κ3) is 3.03. The van der Waals surface area contributed by atoms with Crippen LogP contribution in [0.1, 0.15) is 5.56 Å². The maximum atomic E-state index is 12.5. The maximum Gasteiger partial charge on any atom is 0.417 e. The molecule has 0 aliphatic heterocycles. The minimum atomic E-state index is -4.48. The molecule has 0 saturated carbocycles. The normalized spacial score (nSPS) is 11.3. The number of nitrogens with one attached hydrogen (secondary N) is 1. The van der Waals surface area contributed by atoms with Crippen LogP contribution < -0.4 is 10.0 Å². The van der Waals surface area contributed by atoms with Gasteiger partial charge in [0.1, 0.15) is 12.4 Å². The molecular weight excluding hydrogens is 263 g/mol. The number of hydrogen-bond donors (Lipinski definition) is 1. The van der Waals surface area contributed by atoms with Gasteiger partial charge in [0.15, 0.2) is 0 Å². The topological polar surface area (TPSA) is 61.0 Å². The number of halogens is 3. The lowest BCUT2D eigenvalue weighted by Gasteiger charge is -2.08. The average molecular weight is 271 g/mol. The number of amides is 1. The molecule has 1 heterocycles. The van der Waals surface area contributed by atoms with Crippen LogP contribution in [-0.4, -0.2) is 10.6 Å². The molecule has 0 aliphatic rings. The van der Waals surface area contributed by atoms with E-state index in [2.05, 4.69) is 5.32 Å². The number of benzene rings is 1. The molecule has 1 aromatic carbocycles. The molecule has 8 heteroatoms. The molecule has 100 valence electrons. The van der Waals surface area contributed by atoms with Gasteiger partial charge in [-0.1, -0.05) is 6.07 Å². The summed E-state index contributed by atoms with van der Waals surface area (Å²) >= 11 is 0. The number of alkyl halides is 3. The highest BCUT2D eigenvalue weighted by atomic mass is 19.4. The highest BCUT2D eigenvalue weighted by Crippen LogP contribution is 2.30. The van der Waals surface area contributed by atoms with Crippen LogP contribution in [0.5, 0.6) is 0 Å². The van der Waals surface area contributed by atoms with Gasteiger partial charge in [0, 0.05) is 5.69 Å². The van der Waals surface area contributed by atoms with E-state index in [0.717, 1.165) is 29.2 Å². The van der Waals surface area contributed by atoms with Crippen LogP contribution in [0.25, 0.3) is 0 Å². The van der Waals surface area contributed by atoms with E-state index in [1.54, 1.807) is 0 Å². The van der Waals surface area contributed by atoms with Crippen LogP contribution >= 0.6 is 0 Å². The minimum Gasteiger partial charge on any atom is -0.711 e. The number of aromatic nitrogens is 2. The van der Waals surface area contributed by atoms with E-state index in [4.69, 9.17) is 0 Å². The first-order valence-corrected chi connectivity index (χ1v) is 5.11. The van der Waals surface area contributed by atoms with Crippen LogP contribution in [0.3, 0.4) is 0 Å². The monoisotopic (exact) mass is 271 g/mol. The van der Waals surface area contributed by atoms with E-state index in [-0.39, 0.29) is 5.69 Å². The van der Waals surface area contributed by atoms with E-state index in [0.29, 0.717) is 4.73 Å². The molecule has 0 bridgehead atoms. The van der Waals surface area contributed by atoms with Crippen molar-refractivity contribution in [3.05, 3.63) is 53.8 Å². The minimum absolute atomic E-state index is 0.00836. The molecule has 19 heavy (non-hydrogen) atoms. The lowest BCUT2D eigenvalue weighted by atomic mass is 10.2. The smallest absolute Gasteiger partial charge is 0.417 e. The lowest BCUT2D eigenvalue weighted by molar-refractivity contribution is -0.604. The molecule has 1 amide bonds. The molecule has 0 fully saturated rings. The SMILES string of the molecule is O=C(Nc1cccc(C(F)(F)F)c1)n1cc[n+]([O-])c1. The van der Waals surface area contributed by atoms with E-state index in [9.17, 15) is 23.2 Å². The third-order valence-electron chi connectivity index (χ3n) is 2.29. The number of rotatable bonds is 1. The Balaban J connectivity index is 2.18. The van der Waals surface area contributed by atoms with Gasteiger partial charge in [-0.05, 0) is 18.2 Å². The molecule has 2 rings (SSSR count). The molecule has 1 N–H and O–H groups in total. The third-order valence-corrected chi connectivity index (χ3v) is 2.29. The second-order valence-corrected chi connectivity index (χ2v) is 3.69. The quantitative estimate of drug-likeness (QED) is 0.638. The van der Waals surface area contributed by atoms with Gasteiger partial charge in [-0.15, -0.1) is 0 Å². The first kappa shape index (κ1) is 12.9. The molecule has 0 spiro atoms. The zero-order valence-electron chi connectivity index (χ0n) is 9.39. The van der Waals surface area contributed by atoms with Crippen molar-refractivity contribution in [1.29, 1.82) is 0 Å². The Morgan fingerprint density at radius 2 is 2.11 bits per heavy atom. The fourth-order valence-corrected chi connectivity index (χ4v) is 1.42. The lowest BCUT2D eigenvalue weighted by Crippen LogP contribution is -2.25. The van der Waals surface area contributed by atoms with Crippen LogP contribution in [0, 0.1) is 5.21 Å². The number of hydrogen-bond acceptors (Lipinski definition) is 2. The van der Waals surface area contributed by atoms with Crippen LogP contribution in [0.2, 0.25) is 0 Å². The number of carbonyl (C=O) groups excluding carboxylic acids is 1. The highest BCUT2D eigenvalue weighted by Gasteiger charge is 2.30. The summed E-state index contributed by atoms with van der Waals surface area (Å²) in [5.41, 5.74) is -0.873. The Morgan fingerprint density at radius 3 is 2.68 bits per heavy atom. The van der Waals surface area contributed by atoms with Gasteiger partial charge < -0.3 is 5.21 Å². The average Bonchev–Trinajstić information content (AvgIpc) is 2.75. The standard InChI is InChI=1S/C11H8F3N3O2/c12-11(13,14)8-2-1-3-9(6-8)15-10(18)16-4-5-17(19)7-16/h1-7H,(H,15,18). The summed E-state index contributed by atoms with van der Waals surface area (Å²) in [6, 6.07) is 3.49. The molecule has 0 unspecified atom stereocenters. The Hall–Kier alpha value is -2.51. The summed E-state index contributed by atoms with van der Waals surface area (Å²) in [7, 11) is 0. The van der Waals surface area contributed by atoms with E-state index in [1.807, 2.05) is 0 Å². The van der Waals surface area contributed by atoms with Crippen molar-refractivity contribution in [2.75, 3.05) is 5.32 Å². The van der Waals surface area contributed by atoms with Crippen molar-refractivity contribution in [2.45, 2.75) is 6.18 Å². The second-order valence-electron chi connectivity index (χ2n) is 3.69. The van der Waals surface area contributed by atoms with Gasteiger partial charge in [0.2, 0.25) is 0 Å². The van der Waals surface area contributed by atoms with Gasteiger partial charge in [-0.25, -0.2) is 9.52 Å². The highest BCUT2D eigenvalue weighted by molar-refractivity contribution is 5.90. The molecular formula is C11H8F3N3O2. The molecule has 1 aromatic heterocycles. The van der Waals surface area contributed by atoms with Crippen molar-refractivity contribution >= 4 is 11.7 Å². The largest absolute Gasteiger partial charge is 0.711 e. The number of imidazole rings is 1. The zero-order chi connectivity index (χ0) is 14.0. The van der Waals surface area contributed by atoms with Crippen molar-refractivity contribution in [3.63, 3.8) is 0 Å². The number of carbonyl (C=O) groups is 1. The fraction of sp³-hybridized carbons (Fsp3) is 0.0909. The Labute approximate surface area is 105 Å². The first-order chi connectivity index (χ1) is 8.86. The Morgan fingerprint density at radius 1 is 1.37 bits per heavy atom. The predicted molar refractivity (Wildman–Crippen MR) is 59.3 cm³/mol. The number of anilines is 1. The molecule has 2 aromatic rings.